The fourth-order valence-electron chi connectivity index (χ4n) is 0.310. The first-order valence-electron chi connectivity index (χ1n) is 2.90. The van der Waals surface area contributed by atoms with Crippen LogP contribution >= 0.6 is 0 Å². The lowest BCUT2D eigenvalue weighted by Gasteiger charge is -1.91. The smallest absolute Gasteiger partial charge is 0.264 e. The highest BCUT2D eigenvalue weighted by Crippen LogP contribution is 1.85. The van der Waals surface area contributed by atoms with Gasteiger partial charge >= 0.3 is 20.8 Å². The zero-order valence-corrected chi connectivity index (χ0v) is 8.21. The second-order valence-electron chi connectivity index (χ2n) is 1.73. The summed E-state index contributed by atoms with van der Waals surface area (Å²) in [7, 11) is -9.10. The van der Waals surface area contributed by atoms with Crippen molar-refractivity contribution in [2.45, 2.75) is 0 Å². The molecule has 8 nitrogen and oxygen atoms in total. The molecule has 10 heteroatoms. The van der Waals surface area contributed by atoms with Crippen molar-refractivity contribution in [1.29, 1.82) is 0 Å². The van der Waals surface area contributed by atoms with Gasteiger partial charge in [-0.3, -0.25) is 9.11 Å². The molecule has 0 aliphatic rings. The molecular formula is C4H6O8S2. The Hall–Kier alpha value is -0.700. The molecule has 0 fully saturated rings. The Balaban J connectivity index is 3.77. The molecule has 0 aromatic carbocycles. The van der Waals surface area contributed by atoms with Crippen LogP contribution in [0.2, 0.25) is 0 Å². The van der Waals surface area contributed by atoms with Gasteiger partial charge in [-0.15, -0.1) is 0 Å². The van der Waals surface area contributed by atoms with E-state index in [-0.39, 0.29) is 0 Å². The van der Waals surface area contributed by atoms with Crippen molar-refractivity contribution in [2.75, 3.05) is 13.2 Å². The Morgan fingerprint density at radius 1 is 0.857 bits per heavy atom. The average Bonchev–Trinajstić information content (AvgIpc) is 1.92. The summed E-state index contributed by atoms with van der Waals surface area (Å²) in [5, 5.41) is 0. The van der Waals surface area contributed by atoms with Crippen LogP contribution in [0.5, 0.6) is 0 Å². The summed E-state index contributed by atoms with van der Waals surface area (Å²) < 4.78 is 63.2. The first kappa shape index (κ1) is 13.3. The summed E-state index contributed by atoms with van der Waals surface area (Å²) in [6.45, 7) is -1.29. The Labute approximate surface area is 80.7 Å². The van der Waals surface area contributed by atoms with E-state index in [1.165, 1.54) is 0 Å². The van der Waals surface area contributed by atoms with Crippen LogP contribution < -0.4 is 0 Å². The summed E-state index contributed by atoms with van der Waals surface area (Å²) in [6, 6.07) is 0. The van der Waals surface area contributed by atoms with Crippen molar-refractivity contribution in [3.63, 3.8) is 0 Å². The van der Waals surface area contributed by atoms with Gasteiger partial charge in [-0.1, -0.05) is 11.8 Å². The van der Waals surface area contributed by atoms with Gasteiger partial charge in [0.2, 0.25) is 0 Å². The maximum Gasteiger partial charge on any atom is 0.398 e. The number of rotatable bonds is 4. The highest BCUT2D eigenvalue weighted by atomic mass is 32.3. The number of hydrogen-bond donors (Lipinski definition) is 2. The largest absolute Gasteiger partial charge is 0.398 e. The molecule has 0 amide bonds. The highest BCUT2D eigenvalue weighted by molar-refractivity contribution is 7.81. The highest BCUT2D eigenvalue weighted by Gasteiger charge is 2.01. The summed E-state index contributed by atoms with van der Waals surface area (Å²) in [5.41, 5.74) is 0. The van der Waals surface area contributed by atoms with E-state index < -0.39 is 34.0 Å². The van der Waals surface area contributed by atoms with Gasteiger partial charge in [0.05, 0.1) is 0 Å². The minimum atomic E-state index is -4.55. The molecule has 2 N–H and O–H groups in total. The van der Waals surface area contributed by atoms with Crippen LogP contribution in [0.4, 0.5) is 0 Å². The zero-order valence-electron chi connectivity index (χ0n) is 6.57. The van der Waals surface area contributed by atoms with E-state index in [1.54, 1.807) is 0 Å². The molecule has 82 valence electrons. The van der Waals surface area contributed by atoms with Crippen molar-refractivity contribution in [3.8, 4) is 11.8 Å². The van der Waals surface area contributed by atoms with E-state index in [0.717, 1.165) is 0 Å². The maximum atomic E-state index is 9.92. The summed E-state index contributed by atoms with van der Waals surface area (Å²) in [4.78, 5) is 0. The van der Waals surface area contributed by atoms with Crippen LogP contribution in [0.3, 0.4) is 0 Å². The molecule has 0 rings (SSSR count). The average molecular weight is 246 g/mol. The summed E-state index contributed by atoms with van der Waals surface area (Å²) >= 11 is 0. The standard InChI is InChI=1S/C4H6O8S2/c5-13(6,7)11-3-1-2-4-12-14(8,9)10/h3-4H2,(H,5,6,7)(H,8,9,10). The first-order valence-corrected chi connectivity index (χ1v) is 5.63. The summed E-state index contributed by atoms with van der Waals surface area (Å²) in [6.07, 6.45) is 0. The maximum absolute atomic E-state index is 9.92. The topological polar surface area (TPSA) is 127 Å². The Kier molecular flexibility index (Phi) is 4.99. The van der Waals surface area contributed by atoms with Crippen molar-refractivity contribution < 1.29 is 34.3 Å². The van der Waals surface area contributed by atoms with E-state index in [1.807, 2.05) is 11.8 Å². The van der Waals surface area contributed by atoms with Gasteiger partial charge in [0.15, 0.2) is 0 Å². The minimum Gasteiger partial charge on any atom is -0.264 e. The second kappa shape index (κ2) is 5.25. The third-order valence-electron chi connectivity index (χ3n) is 0.685. The molecule has 0 heterocycles. The minimum absolute atomic E-state index is 0.645. The molecule has 0 atom stereocenters. The molecule has 0 aliphatic carbocycles. The lowest BCUT2D eigenvalue weighted by Crippen LogP contribution is -2.05. The molecule has 0 unspecified atom stereocenters. The molecule has 0 spiro atoms. The Morgan fingerprint density at radius 3 is 1.36 bits per heavy atom. The first-order chi connectivity index (χ1) is 6.21. The lowest BCUT2D eigenvalue weighted by molar-refractivity contribution is 0.294. The number of hydrogen-bond acceptors (Lipinski definition) is 6. The van der Waals surface area contributed by atoms with Crippen LogP contribution in [-0.4, -0.2) is 39.2 Å². The fourth-order valence-corrected chi connectivity index (χ4v) is 0.726. The van der Waals surface area contributed by atoms with Gasteiger partial charge in [0, 0.05) is 0 Å². The van der Waals surface area contributed by atoms with Crippen molar-refractivity contribution in [2.24, 2.45) is 0 Å². The van der Waals surface area contributed by atoms with Crippen molar-refractivity contribution >= 4 is 20.8 Å². The molecule has 0 aliphatic heterocycles. The molecule has 0 bridgehead atoms. The predicted octanol–water partition coefficient (Wildman–Crippen LogP) is -1.37. The second-order valence-corrected chi connectivity index (χ2v) is 3.92. The zero-order chi connectivity index (χ0) is 11.2. The van der Waals surface area contributed by atoms with Crippen LogP contribution in [0.25, 0.3) is 0 Å². The monoisotopic (exact) mass is 246 g/mol. The predicted molar refractivity (Wildman–Crippen MR) is 42.8 cm³/mol. The normalized spacial score (nSPS) is 11.9. The third kappa shape index (κ3) is 11.3. The molecule has 0 aromatic rings. The molecule has 14 heavy (non-hydrogen) atoms. The van der Waals surface area contributed by atoms with Gasteiger partial charge in [-0.2, -0.15) is 16.8 Å². The van der Waals surface area contributed by atoms with E-state index in [2.05, 4.69) is 8.37 Å². The van der Waals surface area contributed by atoms with Crippen LogP contribution in [0.1, 0.15) is 0 Å². The van der Waals surface area contributed by atoms with Gasteiger partial charge < -0.3 is 0 Å². The van der Waals surface area contributed by atoms with E-state index in [4.69, 9.17) is 9.11 Å². The Bertz CT molecular complexity index is 380. The van der Waals surface area contributed by atoms with Crippen LogP contribution in [0, 0.1) is 11.8 Å². The molecular weight excluding hydrogens is 240 g/mol. The molecule has 0 aromatic heterocycles. The molecule has 0 radical (unpaired) electrons. The quantitative estimate of drug-likeness (QED) is 0.459. The van der Waals surface area contributed by atoms with E-state index >= 15 is 0 Å². The van der Waals surface area contributed by atoms with Gasteiger partial charge in [0.25, 0.3) is 0 Å². The Morgan fingerprint density at radius 2 is 1.14 bits per heavy atom. The molecule has 0 saturated heterocycles. The fraction of sp³-hybridized carbons (Fsp3) is 0.500. The lowest BCUT2D eigenvalue weighted by atomic mass is 10.6. The van der Waals surface area contributed by atoms with Gasteiger partial charge in [-0.25, -0.2) is 8.37 Å². The van der Waals surface area contributed by atoms with Gasteiger partial charge in [0.1, 0.15) is 13.2 Å². The SMILES string of the molecule is O=S(=O)(O)OCC#CCOS(=O)(=O)O. The van der Waals surface area contributed by atoms with Crippen molar-refractivity contribution in [1.82, 2.24) is 0 Å². The van der Waals surface area contributed by atoms with Crippen LogP contribution in [-0.2, 0) is 29.2 Å². The third-order valence-corrected chi connectivity index (χ3v) is 1.52. The van der Waals surface area contributed by atoms with E-state index in [9.17, 15) is 16.8 Å². The van der Waals surface area contributed by atoms with Crippen molar-refractivity contribution in [3.05, 3.63) is 0 Å². The van der Waals surface area contributed by atoms with Gasteiger partial charge in [-0.05, 0) is 0 Å². The summed E-state index contributed by atoms with van der Waals surface area (Å²) in [5.74, 6) is 4.01. The van der Waals surface area contributed by atoms with Crippen LogP contribution in [0.15, 0.2) is 0 Å². The molecule has 0 saturated carbocycles. The van der Waals surface area contributed by atoms with E-state index in [0.29, 0.717) is 0 Å².